The molecule has 14 nitrogen and oxygen atoms in total. The number of halogens is 1. The standard InChI is InChI=1S/C43H45FN10O4S/c1-27-33(41(57)48-42-45-14-23-59-42)7-8-34(38(27)44)39-35(26-55)40-46-36-9-6-32(24-29(36)12-18-54(40)49-39)52-21-19-50(20-22-52)25-28-10-15-51(16-11-28)30-2-4-31(5-3-30)53-17-13-37(56)47-43(53)58/h2-9,14,23-24,26,28,46H,10-13,15-22,25H2,1H3,(H,45,48,57)(H,47,56,58). The number of fused-ring (bicyclic) bond motifs is 2. The summed E-state index contributed by atoms with van der Waals surface area (Å²) < 4.78 is 17.6. The summed E-state index contributed by atoms with van der Waals surface area (Å²) in [6, 6.07) is 17.2. The number of amides is 4. The van der Waals surface area contributed by atoms with Gasteiger partial charge in [-0.15, -0.1) is 11.3 Å². The van der Waals surface area contributed by atoms with Gasteiger partial charge in [0.2, 0.25) is 5.91 Å². The lowest BCUT2D eigenvalue weighted by Gasteiger charge is -2.40. The first-order chi connectivity index (χ1) is 28.7. The molecule has 59 heavy (non-hydrogen) atoms. The molecule has 4 amide bonds. The number of urea groups is 1. The molecule has 3 N–H and O–H groups in total. The van der Waals surface area contributed by atoms with Gasteiger partial charge in [0.15, 0.2) is 11.4 Å². The van der Waals surface area contributed by atoms with Crippen molar-refractivity contribution in [1.82, 2.24) is 25.0 Å². The fraction of sp³-hybridized carbons (Fsp3) is 0.349. The molecule has 2 aromatic heterocycles. The number of thiazole rings is 1. The normalized spacial score (nSPS) is 17.5. The highest BCUT2D eigenvalue weighted by atomic mass is 32.1. The van der Waals surface area contributed by atoms with E-state index >= 15 is 4.39 Å². The summed E-state index contributed by atoms with van der Waals surface area (Å²) in [5.74, 6) is -0.123. The third kappa shape index (κ3) is 7.77. The summed E-state index contributed by atoms with van der Waals surface area (Å²) in [5.41, 5.74) is 6.16. The van der Waals surface area contributed by atoms with Crippen LogP contribution in [0.4, 0.5) is 42.9 Å². The van der Waals surface area contributed by atoms with E-state index in [2.05, 4.69) is 66.0 Å². The van der Waals surface area contributed by atoms with Gasteiger partial charge in [0.05, 0.1) is 5.56 Å². The van der Waals surface area contributed by atoms with E-state index in [9.17, 15) is 19.2 Å². The van der Waals surface area contributed by atoms with E-state index in [4.69, 9.17) is 5.10 Å². The summed E-state index contributed by atoms with van der Waals surface area (Å²) in [7, 11) is 0. The third-order valence-electron chi connectivity index (χ3n) is 12.0. The van der Waals surface area contributed by atoms with Crippen LogP contribution in [0.25, 0.3) is 11.3 Å². The van der Waals surface area contributed by atoms with Gasteiger partial charge in [-0.2, -0.15) is 5.10 Å². The Balaban J connectivity index is 0.788. The molecule has 4 aliphatic heterocycles. The van der Waals surface area contributed by atoms with Crippen molar-refractivity contribution < 1.29 is 23.6 Å². The van der Waals surface area contributed by atoms with Crippen LogP contribution in [0.3, 0.4) is 0 Å². The van der Waals surface area contributed by atoms with Crippen molar-refractivity contribution in [3.05, 3.63) is 94.2 Å². The smallest absolute Gasteiger partial charge is 0.328 e. The van der Waals surface area contributed by atoms with Gasteiger partial charge >= 0.3 is 6.03 Å². The highest BCUT2D eigenvalue weighted by Gasteiger charge is 2.29. The second kappa shape index (κ2) is 16.3. The number of aldehydes is 1. The molecule has 304 valence electrons. The quantitative estimate of drug-likeness (QED) is 0.145. The Hall–Kier alpha value is -6.13. The Kier molecular flexibility index (Phi) is 10.6. The zero-order valence-electron chi connectivity index (χ0n) is 32.7. The van der Waals surface area contributed by atoms with Gasteiger partial charge in [0.25, 0.3) is 5.91 Å². The Morgan fingerprint density at radius 2 is 1.64 bits per heavy atom. The molecule has 0 unspecified atom stereocenters. The molecular weight excluding hydrogens is 772 g/mol. The number of piperidine rings is 1. The predicted molar refractivity (Wildman–Crippen MR) is 227 cm³/mol. The molecule has 3 fully saturated rings. The first-order valence-electron chi connectivity index (χ1n) is 20.1. The largest absolute Gasteiger partial charge is 0.372 e. The summed E-state index contributed by atoms with van der Waals surface area (Å²) in [6.07, 6.45) is 5.56. The van der Waals surface area contributed by atoms with Gasteiger partial charge in [0, 0.05) is 111 Å². The first-order valence-corrected chi connectivity index (χ1v) is 21.0. The lowest BCUT2D eigenvalue weighted by Crippen LogP contribution is -2.49. The molecule has 0 bridgehead atoms. The highest BCUT2D eigenvalue weighted by Crippen LogP contribution is 2.37. The highest BCUT2D eigenvalue weighted by molar-refractivity contribution is 7.13. The van der Waals surface area contributed by atoms with Gasteiger partial charge in [-0.05, 0) is 97.8 Å². The van der Waals surface area contributed by atoms with E-state index in [0.29, 0.717) is 49.1 Å². The Bertz CT molecular complexity index is 2400. The van der Waals surface area contributed by atoms with Crippen molar-refractivity contribution in [1.29, 1.82) is 0 Å². The van der Waals surface area contributed by atoms with Gasteiger partial charge in [0.1, 0.15) is 17.3 Å². The first kappa shape index (κ1) is 38.4. The van der Waals surface area contributed by atoms with E-state index in [1.54, 1.807) is 34.1 Å². The number of carbonyl (C=O) groups excluding carboxylic acids is 4. The molecule has 5 aromatic rings. The minimum atomic E-state index is -0.602. The maximum Gasteiger partial charge on any atom is 0.328 e. The van der Waals surface area contributed by atoms with Crippen molar-refractivity contribution in [3.8, 4) is 11.3 Å². The summed E-state index contributed by atoms with van der Waals surface area (Å²) in [6.45, 7) is 9.43. The van der Waals surface area contributed by atoms with Crippen molar-refractivity contribution in [2.45, 2.75) is 39.2 Å². The zero-order chi connectivity index (χ0) is 40.6. The second-order valence-electron chi connectivity index (χ2n) is 15.5. The topological polar surface area (TPSA) is 148 Å². The van der Waals surface area contributed by atoms with Crippen LogP contribution in [0.1, 0.15) is 51.1 Å². The van der Waals surface area contributed by atoms with Crippen molar-refractivity contribution in [2.24, 2.45) is 5.92 Å². The Labute approximate surface area is 345 Å². The lowest BCUT2D eigenvalue weighted by atomic mass is 9.95. The van der Waals surface area contributed by atoms with Crippen LogP contribution in [-0.2, 0) is 17.8 Å². The number of piperazine rings is 1. The van der Waals surface area contributed by atoms with Crippen LogP contribution in [0.2, 0.25) is 0 Å². The molecule has 0 saturated carbocycles. The number of imide groups is 1. The minimum Gasteiger partial charge on any atom is -0.372 e. The number of benzene rings is 3. The van der Waals surface area contributed by atoms with Crippen LogP contribution in [0, 0.1) is 18.7 Å². The molecule has 0 spiro atoms. The molecule has 3 saturated heterocycles. The maximum absolute atomic E-state index is 15.9. The molecular formula is C43H45FN10O4S. The fourth-order valence-corrected chi connectivity index (χ4v) is 9.21. The van der Waals surface area contributed by atoms with Gasteiger partial charge in [-0.25, -0.2) is 18.9 Å². The second-order valence-corrected chi connectivity index (χ2v) is 16.4. The van der Waals surface area contributed by atoms with E-state index in [0.717, 1.165) is 81.3 Å². The fourth-order valence-electron chi connectivity index (χ4n) is 8.68. The van der Waals surface area contributed by atoms with Crippen molar-refractivity contribution in [2.75, 3.05) is 77.7 Å². The molecule has 0 aliphatic carbocycles. The van der Waals surface area contributed by atoms with E-state index in [-0.39, 0.29) is 39.9 Å². The Morgan fingerprint density at radius 3 is 2.37 bits per heavy atom. The van der Waals surface area contributed by atoms with Crippen LogP contribution in [0.5, 0.6) is 0 Å². The van der Waals surface area contributed by atoms with Crippen LogP contribution in [0.15, 0.2) is 66.2 Å². The zero-order valence-corrected chi connectivity index (χ0v) is 33.6. The molecule has 9 rings (SSSR count). The molecule has 0 atom stereocenters. The minimum absolute atomic E-state index is 0.159. The van der Waals surface area contributed by atoms with Crippen LogP contribution < -0.4 is 30.7 Å². The van der Waals surface area contributed by atoms with Gasteiger partial charge in [-0.3, -0.25) is 34.8 Å². The number of hydrogen-bond acceptors (Lipinski definition) is 11. The number of rotatable bonds is 9. The van der Waals surface area contributed by atoms with Crippen LogP contribution >= 0.6 is 11.3 Å². The number of nitrogens with one attached hydrogen (secondary N) is 3. The van der Waals surface area contributed by atoms with Gasteiger partial charge < -0.3 is 15.1 Å². The molecule has 3 aromatic carbocycles. The lowest BCUT2D eigenvalue weighted by molar-refractivity contribution is -0.120. The number of hydrogen-bond donors (Lipinski definition) is 3. The van der Waals surface area contributed by atoms with E-state index < -0.39 is 11.7 Å². The van der Waals surface area contributed by atoms with Gasteiger partial charge in [-0.1, -0.05) is 0 Å². The third-order valence-corrected chi connectivity index (χ3v) is 12.7. The Morgan fingerprint density at radius 1 is 0.898 bits per heavy atom. The number of carbonyl (C=O) groups is 4. The number of aromatic nitrogens is 3. The maximum atomic E-state index is 15.9. The molecule has 4 aliphatic rings. The number of nitrogens with zero attached hydrogens (tertiary/aromatic N) is 7. The van der Waals surface area contributed by atoms with Crippen LogP contribution in [-0.4, -0.2) is 96.2 Å². The molecule has 16 heteroatoms. The van der Waals surface area contributed by atoms with E-state index in [1.165, 1.54) is 23.1 Å². The SMILES string of the molecule is Cc1c(C(=O)Nc2nccs2)ccc(-c2nn3c(c2C=O)Nc2ccc(N4CCN(CC5CCN(c6ccc(N7CCC(=O)NC7=O)cc6)CC5)CC4)cc2CC3)c1F. The van der Waals surface area contributed by atoms with Crippen molar-refractivity contribution >= 4 is 69.2 Å². The predicted octanol–water partition coefficient (Wildman–Crippen LogP) is 6.30. The summed E-state index contributed by atoms with van der Waals surface area (Å²) in [5, 5.41) is 15.4. The van der Waals surface area contributed by atoms with E-state index in [1.807, 2.05) is 12.1 Å². The molecule has 0 radical (unpaired) electrons. The monoisotopic (exact) mass is 816 g/mol. The number of aryl methyl sites for hydroxylation is 2. The average molecular weight is 817 g/mol. The van der Waals surface area contributed by atoms with Crippen molar-refractivity contribution in [3.63, 3.8) is 0 Å². The number of anilines is 6. The molecule has 6 heterocycles. The summed E-state index contributed by atoms with van der Waals surface area (Å²) in [4.78, 5) is 62.3. The average Bonchev–Trinajstić information content (AvgIpc) is 3.85. The summed E-state index contributed by atoms with van der Waals surface area (Å²) >= 11 is 1.28.